The summed E-state index contributed by atoms with van der Waals surface area (Å²) in [5.74, 6) is 5.71. The molecule has 0 aliphatic carbocycles. The van der Waals surface area contributed by atoms with Crippen LogP contribution < -0.4 is 0 Å². The first-order valence-corrected chi connectivity index (χ1v) is 5.41. The molecular weight excluding hydrogens is 260 g/mol. The number of aryl methyl sites for hydroxylation is 1. The standard InChI is InChI=1S/C12H8ClF2N3/c1-8-17-10(7-18(8)12(14)15)3-2-9-4-5-16-11(13)6-9/h4-7,12H,1H3. The number of pyridine rings is 1. The second-order valence-corrected chi connectivity index (χ2v) is 3.86. The fraction of sp³-hybridized carbons (Fsp3) is 0.167. The molecule has 0 fully saturated rings. The molecule has 2 rings (SSSR count). The summed E-state index contributed by atoms with van der Waals surface area (Å²) in [5, 5.41) is 0.330. The van der Waals surface area contributed by atoms with E-state index in [9.17, 15) is 8.78 Å². The summed E-state index contributed by atoms with van der Waals surface area (Å²) >= 11 is 5.70. The Kier molecular flexibility index (Phi) is 3.58. The maximum absolute atomic E-state index is 12.5. The van der Waals surface area contributed by atoms with Gasteiger partial charge in [0.15, 0.2) is 0 Å². The predicted molar refractivity (Wildman–Crippen MR) is 63.4 cm³/mol. The Hall–Kier alpha value is -1.93. The van der Waals surface area contributed by atoms with Crippen molar-refractivity contribution in [1.29, 1.82) is 0 Å². The van der Waals surface area contributed by atoms with E-state index in [1.54, 1.807) is 12.1 Å². The minimum Gasteiger partial charge on any atom is -0.277 e. The van der Waals surface area contributed by atoms with Gasteiger partial charge in [0.1, 0.15) is 16.7 Å². The first-order valence-electron chi connectivity index (χ1n) is 5.03. The molecule has 2 aromatic heterocycles. The van der Waals surface area contributed by atoms with Crippen molar-refractivity contribution < 1.29 is 8.78 Å². The summed E-state index contributed by atoms with van der Waals surface area (Å²) in [6.45, 7) is -1.11. The molecule has 2 aromatic rings. The number of nitrogens with zero attached hydrogens (tertiary/aromatic N) is 3. The van der Waals surface area contributed by atoms with Gasteiger partial charge in [-0.3, -0.25) is 4.57 Å². The van der Waals surface area contributed by atoms with Crippen molar-refractivity contribution in [1.82, 2.24) is 14.5 Å². The maximum Gasteiger partial charge on any atom is 0.319 e. The van der Waals surface area contributed by atoms with E-state index in [-0.39, 0.29) is 5.82 Å². The number of hydrogen-bond donors (Lipinski definition) is 0. The average Bonchev–Trinajstić information content (AvgIpc) is 2.68. The molecule has 0 amide bonds. The second-order valence-electron chi connectivity index (χ2n) is 3.48. The first kappa shape index (κ1) is 12.5. The molecule has 0 aromatic carbocycles. The SMILES string of the molecule is Cc1nc(C#Cc2ccnc(Cl)c2)cn1C(F)F. The van der Waals surface area contributed by atoms with Gasteiger partial charge in [-0.15, -0.1) is 0 Å². The van der Waals surface area contributed by atoms with Gasteiger partial charge in [-0.25, -0.2) is 9.97 Å². The smallest absolute Gasteiger partial charge is 0.277 e. The number of imidazole rings is 1. The topological polar surface area (TPSA) is 30.7 Å². The van der Waals surface area contributed by atoms with Crippen molar-refractivity contribution in [3.8, 4) is 11.8 Å². The zero-order chi connectivity index (χ0) is 13.1. The minimum atomic E-state index is -2.61. The molecular formula is C12H8ClF2N3. The fourth-order valence-corrected chi connectivity index (χ4v) is 1.53. The van der Waals surface area contributed by atoms with Crippen molar-refractivity contribution in [2.75, 3.05) is 0 Å². The fourth-order valence-electron chi connectivity index (χ4n) is 1.36. The van der Waals surface area contributed by atoms with Crippen LogP contribution >= 0.6 is 11.6 Å². The molecule has 0 spiro atoms. The van der Waals surface area contributed by atoms with Crippen molar-refractivity contribution in [2.45, 2.75) is 13.5 Å². The summed E-state index contributed by atoms with van der Waals surface area (Å²) in [6, 6.07) is 3.27. The summed E-state index contributed by atoms with van der Waals surface area (Å²) in [5.41, 5.74) is 0.944. The van der Waals surface area contributed by atoms with Crippen LogP contribution in [-0.2, 0) is 0 Å². The first-order chi connectivity index (χ1) is 8.56. The van der Waals surface area contributed by atoms with Crippen LogP contribution in [-0.4, -0.2) is 14.5 Å². The Morgan fingerprint density at radius 2 is 2.17 bits per heavy atom. The van der Waals surface area contributed by atoms with Gasteiger partial charge in [0.2, 0.25) is 0 Å². The number of halogens is 3. The lowest BCUT2D eigenvalue weighted by Gasteiger charge is -1.99. The van der Waals surface area contributed by atoms with Crippen molar-refractivity contribution >= 4 is 11.6 Å². The monoisotopic (exact) mass is 267 g/mol. The summed E-state index contributed by atoms with van der Waals surface area (Å²) < 4.78 is 25.8. The molecule has 0 N–H and O–H groups in total. The number of rotatable bonds is 1. The van der Waals surface area contributed by atoms with Crippen LogP contribution in [0.15, 0.2) is 24.5 Å². The maximum atomic E-state index is 12.5. The Labute approximate surface area is 107 Å². The van der Waals surface area contributed by atoms with Crippen LogP contribution in [0.5, 0.6) is 0 Å². The molecule has 3 nitrogen and oxygen atoms in total. The van der Waals surface area contributed by atoms with Crippen LogP contribution in [0.2, 0.25) is 5.15 Å². The van der Waals surface area contributed by atoms with Crippen LogP contribution in [0.3, 0.4) is 0 Å². The van der Waals surface area contributed by atoms with Gasteiger partial charge in [-0.05, 0) is 25.0 Å². The zero-order valence-electron chi connectivity index (χ0n) is 9.36. The Morgan fingerprint density at radius 3 is 2.78 bits per heavy atom. The lowest BCUT2D eigenvalue weighted by atomic mass is 10.3. The van der Waals surface area contributed by atoms with Crippen LogP contribution in [0.25, 0.3) is 0 Å². The van der Waals surface area contributed by atoms with Crippen molar-refractivity contribution in [3.05, 3.63) is 46.8 Å². The average molecular weight is 268 g/mol. The van der Waals surface area contributed by atoms with Gasteiger partial charge in [-0.1, -0.05) is 17.5 Å². The minimum absolute atomic E-state index is 0.224. The normalized spacial score (nSPS) is 10.3. The molecule has 0 saturated carbocycles. The van der Waals surface area contributed by atoms with Crippen molar-refractivity contribution in [3.63, 3.8) is 0 Å². The van der Waals surface area contributed by atoms with E-state index in [0.29, 0.717) is 16.4 Å². The van der Waals surface area contributed by atoms with E-state index >= 15 is 0 Å². The highest BCUT2D eigenvalue weighted by Crippen LogP contribution is 2.13. The number of aromatic nitrogens is 3. The van der Waals surface area contributed by atoms with Crippen molar-refractivity contribution in [2.24, 2.45) is 0 Å². The predicted octanol–water partition coefficient (Wildman–Crippen LogP) is 3.03. The summed E-state index contributed by atoms with van der Waals surface area (Å²) in [7, 11) is 0. The molecule has 0 aliphatic rings. The Bertz CT molecular complexity index is 626. The van der Waals surface area contributed by atoms with E-state index in [1.807, 2.05) is 0 Å². The third-order valence-corrected chi connectivity index (χ3v) is 2.40. The second kappa shape index (κ2) is 5.15. The molecule has 92 valence electrons. The molecule has 0 aliphatic heterocycles. The van der Waals surface area contributed by atoms with E-state index < -0.39 is 6.55 Å². The summed E-state index contributed by atoms with van der Waals surface area (Å²) in [6.07, 6.45) is 2.74. The zero-order valence-corrected chi connectivity index (χ0v) is 10.1. The third-order valence-electron chi connectivity index (χ3n) is 2.19. The lowest BCUT2D eigenvalue weighted by molar-refractivity contribution is 0.0679. The van der Waals surface area contributed by atoms with Crippen LogP contribution in [0, 0.1) is 18.8 Å². The van der Waals surface area contributed by atoms with E-state index in [1.165, 1.54) is 19.3 Å². The van der Waals surface area contributed by atoms with E-state index in [2.05, 4.69) is 21.8 Å². The largest absolute Gasteiger partial charge is 0.319 e. The van der Waals surface area contributed by atoms with Gasteiger partial charge in [0.05, 0.1) is 0 Å². The number of hydrogen-bond acceptors (Lipinski definition) is 2. The molecule has 18 heavy (non-hydrogen) atoms. The lowest BCUT2D eigenvalue weighted by Crippen LogP contribution is -1.98. The molecule has 0 unspecified atom stereocenters. The quantitative estimate of drug-likeness (QED) is 0.587. The highest BCUT2D eigenvalue weighted by atomic mass is 35.5. The summed E-state index contributed by atoms with van der Waals surface area (Å²) in [4.78, 5) is 7.75. The molecule has 0 saturated heterocycles. The number of alkyl halides is 2. The molecule has 0 radical (unpaired) electrons. The molecule has 2 heterocycles. The van der Waals surface area contributed by atoms with Gasteiger partial charge >= 0.3 is 6.55 Å². The van der Waals surface area contributed by atoms with E-state index in [0.717, 1.165) is 4.57 Å². The molecule has 0 bridgehead atoms. The van der Waals surface area contributed by atoms with Gasteiger partial charge in [-0.2, -0.15) is 8.78 Å². The third kappa shape index (κ3) is 2.84. The Morgan fingerprint density at radius 1 is 1.39 bits per heavy atom. The van der Waals surface area contributed by atoms with Gasteiger partial charge in [0, 0.05) is 18.0 Å². The van der Waals surface area contributed by atoms with E-state index in [4.69, 9.17) is 11.6 Å². The van der Waals surface area contributed by atoms with Crippen LogP contribution in [0.4, 0.5) is 8.78 Å². The van der Waals surface area contributed by atoms with Gasteiger partial charge < -0.3 is 0 Å². The highest BCUT2D eigenvalue weighted by molar-refractivity contribution is 6.29. The highest BCUT2D eigenvalue weighted by Gasteiger charge is 2.10. The Balaban J connectivity index is 2.28. The molecule has 6 heteroatoms. The van der Waals surface area contributed by atoms with Gasteiger partial charge in [0.25, 0.3) is 0 Å². The molecule has 0 atom stereocenters. The van der Waals surface area contributed by atoms with Crippen LogP contribution in [0.1, 0.15) is 23.6 Å².